The van der Waals surface area contributed by atoms with Crippen molar-refractivity contribution in [1.29, 1.82) is 5.26 Å². The summed E-state index contributed by atoms with van der Waals surface area (Å²) in [6.45, 7) is 4.46. The highest BCUT2D eigenvalue weighted by Crippen LogP contribution is 2.34. The van der Waals surface area contributed by atoms with Gasteiger partial charge in [-0.15, -0.1) is 0 Å². The molecule has 2 saturated heterocycles. The molecule has 1 N–H and O–H groups in total. The molecule has 0 spiro atoms. The summed E-state index contributed by atoms with van der Waals surface area (Å²) in [5, 5.41) is 12.1. The molecule has 40 heavy (non-hydrogen) atoms. The number of carbonyl (C=O) groups excluding carboxylic acids is 1. The number of halogens is 6. The topological polar surface area (TPSA) is 62.6 Å². The van der Waals surface area contributed by atoms with Crippen molar-refractivity contribution in [3.8, 4) is 6.07 Å². The zero-order valence-electron chi connectivity index (χ0n) is 21.9. The molecule has 12 heteroatoms. The summed E-state index contributed by atoms with van der Waals surface area (Å²) in [4.78, 5) is 18.9. The predicted molar refractivity (Wildman–Crippen MR) is 139 cm³/mol. The molecule has 4 rings (SSSR count). The molecule has 216 valence electrons. The summed E-state index contributed by atoms with van der Waals surface area (Å²) in [5.41, 5.74) is -1.02. The van der Waals surface area contributed by atoms with Gasteiger partial charge >= 0.3 is 12.4 Å². The van der Waals surface area contributed by atoms with E-state index < -0.39 is 29.0 Å². The maximum absolute atomic E-state index is 13.2. The molecule has 2 heterocycles. The highest BCUT2D eigenvalue weighted by molar-refractivity contribution is 5.76. The standard InChI is InChI=1S/C28H31F6N5O/c29-27(30,31)21-3-6-24(7-4-21)38-12-1-11-37(16-17-38)13-10-26(40)39-14-8-22(9-15-39)36-23-5-2-20(19-35)25(18-23)28(32,33)34/h2-7,18,22,36H,1,8-17H2. The van der Waals surface area contributed by atoms with Crippen LogP contribution >= 0.6 is 0 Å². The van der Waals surface area contributed by atoms with E-state index in [-0.39, 0.29) is 11.9 Å². The second-order valence-electron chi connectivity index (χ2n) is 10.1. The Morgan fingerprint density at radius 2 is 1.60 bits per heavy atom. The molecule has 0 aliphatic carbocycles. The first kappa shape index (κ1) is 29.5. The molecule has 0 aromatic heterocycles. The van der Waals surface area contributed by atoms with Crippen molar-refractivity contribution in [2.45, 2.75) is 44.1 Å². The fourth-order valence-electron chi connectivity index (χ4n) is 5.20. The highest BCUT2D eigenvalue weighted by atomic mass is 19.4. The number of alkyl halides is 6. The maximum Gasteiger partial charge on any atom is 0.417 e. The quantitative estimate of drug-likeness (QED) is 0.461. The zero-order chi connectivity index (χ0) is 28.9. The van der Waals surface area contributed by atoms with Crippen LogP contribution in [0.2, 0.25) is 0 Å². The van der Waals surface area contributed by atoms with Gasteiger partial charge in [0.25, 0.3) is 0 Å². The van der Waals surface area contributed by atoms with Crippen LogP contribution < -0.4 is 10.2 Å². The summed E-state index contributed by atoms with van der Waals surface area (Å²) in [5.74, 6) is 0.0278. The lowest BCUT2D eigenvalue weighted by Gasteiger charge is -2.33. The van der Waals surface area contributed by atoms with Crippen LogP contribution in [0.15, 0.2) is 42.5 Å². The highest BCUT2D eigenvalue weighted by Gasteiger charge is 2.34. The zero-order valence-corrected chi connectivity index (χ0v) is 21.9. The van der Waals surface area contributed by atoms with Crippen LogP contribution in [0.3, 0.4) is 0 Å². The third-order valence-corrected chi connectivity index (χ3v) is 7.45. The van der Waals surface area contributed by atoms with E-state index in [0.717, 1.165) is 49.5 Å². The van der Waals surface area contributed by atoms with Gasteiger partial charge in [0.05, 0.1) is 22.8 Å². The number of anilines is 2. The van der Waals surface area contributed by atoms with Crippen molar-refractivity contribution in [1.82, 2.24) is 9.80 Å². The molecule has 2 aromatic rings. The van der Waals surface area contributed by atoms with Crippen LogP contribution in [-0.2, 0) is 17.1 Å². The van der Waals surface area contributed by atoms with Gasteiger partial charge in [-0.3, -0.25) is 4.79 Å². The number of nitrogens with one attached hydrogen (secondary N) is 1. The van der Waals surface area contributed by atoms with Gasteiger partial charge < -0.3 is 20.0 Å². The Balaban J connectivity index is 1.21. The van der Waals surface area contributed by atoms with E-state index in [4.69, 9.17) is 5.26 Å². The van der Waals surface area contributed by atoms with Crippen LogP contribution in [0.25, 0.3) is 0 Å². The summed E-state index contributed by atoms with van der Waals surface area (Å²) in [6.07, 6.45) is -6.61. The first-order valence-electron chi connectivity index (χ1n) is 13.2. The van der Waals surface area contributed by atoms with Crippen LogP contribution in [-0.4, -0.2) is 67.6 Å². The second-order valence-corrected chi connectivity index (χ2v) is 10.1. The number of carbonyl (C=O) groups is 1. The van der Waals surface area contributed by atoms with Crippen LogP contribution in [0.5, 0.6) is 0 Å². The lowest BCUT2D eigenvalue weighted by atomic mass is 10.0. The number of piperidine rings is 1. The molecule has 1 amide bonds. The van der Waals surface area contributed by atoms with E-state index in [9.17, 15) is 31.1 Å². The Hall–Kier alpha value is -3.46. The van der Waals surface area contributed by atoms with Crippen molar-refractivity contribution in [2.24, 2.45) is 0 Å². The van der Waals surface area contributed by atoms with E-state index in [2.05, 4.69) is 15.1 Å². The Bertz CT molecular complexity index is 1200. The summed E-state index contributed by atoms with van der Waals surface area (Å²) >= 11 is 0. The fraction of sp³-hybridized carbons (Fsp3) is 0.500. The summed E-state index contributed by atoms with van der Waals surface area (Å²) < 4.78 is 78.3. The Kier molecular flexibility index (Phi) is 9.13. The van der Waals surface area contributed by atoms with E-state index in [1.54, 1.807) is 11.0 Å². The first-order chi connectivity index (χ1) is 18.9. The minimum absolute atomic E-state index is 0.0278. The number of nitrogens with zero attached hydrogens (tertiary/aromatic N) is 4. The lowest BCUT2D eigenvalue weighted by molar-refractivity contribution is -0.138. The molecule has 0 bridgehead atoms. The molecule has 2 aromatic carbocycles. The minimum atomic E-state index is -4.62. The Labute approximate surface area is 229 Å². The number of hydrogen-bond donors (Lipinski definition) is 1. The minimum Gasteiger partial charge on any atom is -0.382 e. The second kappa shape index (κ2) is 12.4. The maximum atomic E-state index is 13.2. The van der Waals surface area contributed by atoms with E-state index in [1.807, 2.05) is 0 Å². The van der Waals surface area contributed by atoms with Crippen molar-refractivity contribution in [3.05, 3.63) is 59.2 Å². The molecular weight excluding hydrogens is 536 g/mol. The van der Waals surface area contributed by atoms with E-state index >= 15 is 0 Å². The van der Waals surface area contributed by atoms with E-state index in [1.165, 1.54) is 18.2 Å². The van der Waals surface area contributed by atoms with Gasteiger partial charge in [-0.1, -0.05) is 0 Å². The van der Waals surface area contributed by atoms with Crippen molar-refractivity contribution in [3.63, 3.8) is 0 Å². The molecule has 2 fully saturated rings. The number of nitriles is 1. The molecular formula is C28H31F6N5O. The number of hydrogen-bond acceptors (Lipinski definition) is 5. The molecule has 0 atom stereocenters. The SMILES string of the molecule is N#Cc1ccc(NC2CCN(C(=O)CCN3CCCN(c4ccc(C(F)(F)F)cc4)CC3)CC2)cc1C(F)(F)F. The Morgan fingerprint density at radius 1 is 0.900 bits per heavy atom. The third kappa shape index (κ3) is 7.59. The molecule has 2 aliphatic rings. The van der Waals surface area contributed by atoms with Crippen LogP contribution in [0.1, 0.15) is 42.4 Å². The van der Waals surface area contributed by atoms with Crippen LogP contribution in [0.4, 0.5) is 37.7 Å². The molecule has 6 nitrogen and oxygen atoms in total. The van der Waals surface area contributed by atoms with Crippen molar-refractivity contribution in [2.75, 3.05) is 56.0 Å². The number of benzene rings is 2. The van der Waals surface area contributed by atoms with Crippen molar-refractivity contribution >= 4 is 17.3 Å². The smallest absolute Gasteiger partial charge is 0.382 e. The number of rotatable bonds is 6. The van der Waals surface area contributed by atoms with E-state index in [0.29, 0.717) is 57.7 Å². The first-order valence-corrected chi connectivity index (χ1v) is 13.2. The third-order valence-electron chi connectivity index (χ3n) is 7.45. The fourth-order valence-corrected chi connectivity index (χ4v) is 5.20. The van der Waals surface area contributed by atoms with Crippen LogP contribution in [0, 0.1) is 11.3 Å². The number of amides is 1. The van der Waals surface area contributed by atoms with Gasteiger partial charge in [0, 0.05) is 63.1 Å². The van der Waals surface area contributed by atoms with Gasteiger partial charge in [-0.05, 0) is 68.3 Å². The van der Waals surface area contributed by atoms with Gasteiger partial charge in [0.1, 0.15) is 0 Å². The summed E-state index contributed by atoms with van der Waals surface area (Å²) in [6, 6.07) is 10.3. The lowest BCUT2D eigenvalue weighted by Crippen LogP contribution is -2.43. The summed E-state index contributed by atoms with van der Waals surface area (Å²) in [7, 11) is 0. The average Bonchev–Trinajstić information content (AvgIpc) is 3.17. The van der Waals surface area contributed by atoms with Gasteiger partial charge in [-0.25, -0.2) is 0 Å². The van der Waals surface area contributed by atoms with Crippen molar-refractivity contribution < 1.29 is 31.1 Å². The Morgan fingerprint density at radius 3 is 2.23 bits per heavy atom. The van der Waals surface area contributed by atoms with Gasteiger partial charge in [0.2, 0.25) is 5.91 Å². The average molecular weight is 568 g/mol. The largest absolute Gasteiger partial charge is 0.417 e. The number of likely N-dealkylation sites (tertiary alicyclic amines) is 1. The predicted octanol–water partition coefficient (Wildman–Crippen LogP) is 5.60. The molecule has 2 aliphatic heterocycles. The molecule has 0 radical (unpaired) electrons. The normalized spacial score (nSPS) is 17.8. The monoisotopic (exact) mass is 567 g/mol. The van der Waals surface area contributed by atoms with Gasteiger partial charge in [-0.2, -0.15) is 31.6 Å². The van der Waals surface area contributed by atoms with Gasteiger partial charge in [0.15, 0.2) is 0 Å². The molecule has 0 unspecified atom stereocenters. The molecule has 0 saturated carbocycles.